The lowest BCUT2D eigenvalue weighted by Gasteiger charge is -2.19. The SMILES string of the molecule is CC1CC(C)(C)CC1Nc1ccc(O)cc1[N+](=O)[O-]. The quantitative estimate of drug-likeness (QED) is 0.497. The Bertz CT molecular complexity index is 499. The molecular formula is C14H20N2O3. The van der Waals surface area contributed by atoms with Gasteiger partial charge in [0.1, 0.15) is 11.4 Å². The predicted octanol–water partition coefficient (Wildman–Crippen LogP) is 3.54. The van der Waals surface area contributed by atoms with Crippen molar-refractivity contribution in [3.8, 4) is 5.75 Å². The van der Waals surface area contributed by atoms with Gasteiger partial charge in [0.2, 0.25) is 0 Å². The highest BCUT2D eigenvalue weighted by molar-refractivity contribution is 5.64. The van der Waals surface area contributed by atoms with Crippen molar-refractivity contribution in [3.05, 3.63) is 28.3 Å². The van der Waals surface area contributed by atoms with Gasteiger partial charge in [-0.3, -0.25) is 10.1 Å². The van der Waals surface area contributed by atoms with Crippen LogP contribution in [-0.4, -0.2) is 16.1 Å². The minimum absolute atomic E-state index is 0.0723. The van der Waals surface area contributed by atoms with Crippen molar-refractivity contribution < 1.29 is 10.0 Å². The van der Waals surface area contributed by atoms with Crippen LogP contribution in [0.1, 0.15) is 33.6 Å². The smallest absolute Gasteiger partial charge is 0.296 e. The highest BCUT2D eigenvalue weighted by Crippen LogP contribution is 2.43. The summed E-state index contributed by atoms with van der Waals surface area (Å²) < 4.78 is 0. The largest absolute Gasteiger partial charge is 0.508 e. The summed E-state index contributed by atoms with van der Waals surface area (Å²) in [7, 11) is 0. The Labute approximate surface area is 112 Å². The van der Waals surface area contributed by atoms with Crippen molar-refractivity contribution in [3.63, 3.8) is 0 Å². The molecule has 1 aromatic carbocycles. The highest BCUT2D eigenvalue weighted by atomic mass is 16.6. The molecule has 1 aliphatic carbocycles. The first-order chi connectivity index (χ1) is 8.78. The number of nitrogens with one attached hydrogen (secondary N) is 1. The molecule has 0 heterocycles. The summed E-state index contributed by atoms with van der Waals surface area (Å²) in [6.45, 7) is 6.60. The second kappa shape index (κ2) is 4.72. The average Bonchev–Trinajstić information content (AvgIpc) is 2.54. The number of hydrogen-bond donors (Lipinski definition) is 2. The van der Waals surface area contributed by atoms with E-state index in [9.17, 15) is 15.2 Å². The summed E-state index contributed by atoms with van der Waals surface area (Å²) in [6.07, 6.45) is 2.10. The minimum atomic E-state index is -0.465. The lowest BCUT2D eigenvalue weighted by Crippen LogP contribution is -2.23. The zero-order valence-corrected chi connectivity index (χ0v) is 11.5. The van der Waals surface area contributed by atoms with E-state index in [4.69, 9.17) is 0 Å². The van der Waals surface area contributed by atoms with Crippen LogP contribution in [0.4, 0.5) is 11.4 Å². The van der Waals surface area contributed by atoms with Crippen LogP contribution in [0.2, 0.25) is 0 Å². The standard InChI is InChI=1S/C14H20N2O3/c1-9-7-14(2,3)8-12(9)15-11-5-4-10(17)6-13(11)16(18)19/h4-6,9,12,15,17H,7-8H2,1-3H3. The summed E-state index contributed by atoms with van der Waals surface area (Å²) in [4.78, 5) is 10.5. The fourth-order valence-electron chi connectivity index (χ4n) is 3.08. The monoisotopic (exact) mass is 264 g/mol. The van der Waals surface area contributed by atoms with E-state index >= 15 is 0 Å². The maximum Gasteiger partial charge on any atom is 0.296 e. The summed E-state index contributed by atoms with van der Waals surface area (Å²) in [5, 5.41) is 23.6. The fraction of sp³-hybridized carbons (Fsp3) is 0.571. The third-order valence-electron chi connectivity index (χ3n) is 3.85. The zero-order valence-electron chi connectivity index (χ0n) is 11.5. The summed E-state index contributed by atoms with van der Waals surface area (Å²) in [5.74, 6) is 0.389. The molecule has 0 amide bonds. The average molecular weight is 264 g/mol. The Morgan fingerprint density at radius 3 is 2.63 bits per heavy atom. The Morgan fingerprint density at radius 1 is 1.42 bits per heavy atom. The van der Waals surface area contributed by atoms with E-state index in [0.717, 1.165) is 12.8 Å². The van der Waals surface area contributed by atoms with Crippen LogP contribution >= 0.6 is 0 Å². The Balaban J connectivity index is 2.22. The molecule has 2 N–H and O–H groups in total. The minimum Gasteiger partial charge on any atom is -0.508 e. The van der Waals surface area contributed by atoms with Crippen molar-refractivity contribution in [2.24, 2.45) is 11.3 Å². The molecule has 0 aromatic heterocycles. The second-order valence-corrected chi connectivity index (χ2v) is 6.26. The number of aromatic hydroxyl groups is 1. The van der Waals surface area contributed by atoms with Gasteiger partial charge in [-0.25, -0.2) is 0 Å². The van der Waals surface area contributed by atoms with Crippen LogP contribution in [0, 0.1) is 21.4 Å². The number of hydrogen-bond acceptors (Lipinski definition) is 4. The molecule has 1 aliphatic rings. The number of anilines is 1. The molecule has 2 rings (SSSR count). The molecule has 0 spiro atoms. The first kappa shape index (κ1) is 13.6. The van der Waals surface area contributed by atoms with Gasteiger partial charge in [-0.15, -0.1) is 0 Å². The number of benzene rings is 1. The van der Waals surface area contributed by atoms with Gasteiger partial charge in [-0.2, -0.15) is 0 Å². The van der Waals surface area contributed by atoms with Gasteiger partial charge in [0.15, 0.2) is 0 Å². The third-order valence-corrected chi connectivity index (χ3v) is 3.85. The highest BCUT2D eigenvalue weighted by Gasteiger charge is 2.37. The lowest BCUT2D eigenvalue weighted by molar-refractivity contribution is -0.384. The molecule has 5 heteroatoms. The van der Waals surface area contributed by atoms with Gasteiger partial charge in [0.05, 0.1) is 11.0 Å². The van der Waals surface area contributed by atoms with E-state index < -0.39 is 4.92 Å². The van der Waals surface area contributed by atoms with Crippen molar-refractivity contribution in [2.75, 3.05) is 5.32 Å². The van der Waals surface area contributed by atoms with Crippen LogP contribution in [0.15, 0.2) is 18.2 Å². The molecule has 0 aliphatic heterocycles. The van der Waals surface area contributed by atoms with Crippen LogP contribution in [0.3, 0.4) is 0 Å². The van der Waals surface area contributed by atoms with E-state index in [0.29, 0.717) is 11.6 Å². The van der Waals surface area contributed by atoms with Gasteiger partial charge < -0.3 is 10.4 Å². The molecule has 5 nitrogen and oxygen atoms in total. The maximum absolute atomic E-state index is 11.0. The number of rotatable bonds is 3. The molecular weight excluding hydrogens is 244 g/mol. The molecule has 104 valence electrons. The Kier molecular flexibility index (Phi) is 3.39. The normalized spacial score (nSPS) is 25.2. The van der Waals surface area contributed by atoms with Crippen molar-refractivity contribution >= 4 is 11.4 Å². The van der Waals surface area contributed by atoms with Crippen molar-refractivity contribution in [2.45, 2.75) is 39.7 Å². The van der Waals surface area contributed by atoms with Crippen LogP contribution in [0.25, 0.3) is 0 Å². The number of phenolic OH excluding ortho intramolecular Hbond substituents is 1. The van der Waals surface area contributed by atoms with Crippen LogP contribution in [0.5, 0.6) is 5.75 Å². The molecule has 0 bridgehead atoms. The fourth-order valence-corrected chi connectivity index (χ4v) is 3.08. The number of phenols is 1. The molecule has 0 saturated heterocycles. The molecule has 2 unspecified atom stereocenters. The second-order valence-electron chi connectivity index (χ2n) is 6.26. The Hall–Kier alpha value is -1.78. The zero-order chi connectivity index (χ0) is 14.2. The lowest BCUT2D eigenvalue weighted by atomic mass is 9.91. The van der Waals surface area contributed by atoms with Crippen molar-refractivity contribution in [1.29, 1.82) is 0 Å². The molecule has 1 fully saturated rings. The first-order valence-electron chi connectivity index (χ1n) is 6.52. The van der Waals surface area contributed by atoms with Gasteiger partial charge in [-0.1, -0.05) is 20.8 Å². The maximum atomic E-state index is 11.0. The van der Waals surface area contributed by atoms with E-state index in [-0.39, 0.29) is 22.9 Å². The van der Waals surface area contributed by atoms with Gasteiger partial charge in [0.25, 0.3) is 5.69 Å². The molecule has 2 atom stereocenters. The number of nitrogens with zero attached hydrogens (tertiary/aromatic N) is 1. The summed E-state index contributed by atoms with van der Waals surface area (Å²) >= 11 is 0. The van der Waals surface area contributed by atoms with Crippen LogP contribution in [-0.2, 0) is 0 Å². The van der Waals surface area contributed by atoms with E-state index in [1.54, 1.807) is 6.07 Å². The van der Waals surface area contributed by atoms with E-state index in [2.05, 4.69) is 26.1 Å². The Morgan fingerprint density at radius 2 is 2.11 bits per heavy atom. The predicted molar refractivity (Wildman–Crippen MR) is 74.4 cm³/mol. The third kappa shape index (κ3) is 2.97. The summed E-state index contributed by atoms with van der Waals surface area (Å²) in [6, 6.07) is 4.47. The summed E-state index contributed by atoms with van der Waals surface area (Å²) in [5.41, 5.74) is 0.678. The van der Waals surface area contributed by atoms with Crippen LogP contribution < -0.4 is 5.32 Å². The number of nitro benzene ring substituents is 1. The van der Waals surface area contributed by atoms with Crippen molar-refractivity contribution in [1.82, 2.24) is 0 Å². The molecule has 1 aromatic rings. The van der Waals surface area contributed by atoms with Gasteiger partial charge >= 0.3 is 0 Å². The van der Waals surface area contributed by atoms with E-state index in [1.807, 2.05) is 0 Å². The van der Waals surface area contributed by atoms with Gasteiger partial charge in [-0.05, 0) is 36.3 Å². The topological polar surface area (TPSA) is 75.4 Å². The number of nitro groups is 1. The first-order valence-corrected chi connectivity index (χ1v) is 6.52. The molecule has 1 saturated carbocycles. The van der Waals surface area contributed by atoms with Gasteiger partial charge in [0, 0.05) is 6.04 Å². The molecule has 19 heavy (non-hydrogen) atoms. The van der Waals surface area contributed by atoms with E-state index in [1.165, 1.54) is 12.1 Å². The molecule has 0 radical (unpaired) electrons.